The van der Waals surface area contributed by atoms with Gasteiger partial charge in [-0.1, -0.05) is 20.8 Å². The Kier molecular flexibility index (Phi) is 5.38. The first-order valence-corrected chi connectivity index (χ1v) is 5.24. The topological polar surface area (TPSA) is 29.1 Å². The van der Waals surface area contributed by atoms with Crippen molar-refractivity contribution in [1.29, 1.82) is 0 Å². The number of carbonyl (C=O) groups excluding carboxylic acids is 1. The lowest BCUT2D eigenvalue weighted by Gasteiger charge is -2.19. The molecule has 13 heavy (non-hydrogen) atoms. The summed E-state index contributed by atoms with van der Waals surface area (Å²) in [7, 11) is 0. The molecule has 0 saturated carbocycles. The van der Waals surface area contributed by atoms with Crippen LogP contribution in [0.4, 0.5) is 0 Å². The number of alkyl halides is 1. The molecular weight excluding hydrogens is 186 g/mol. The SMILES string of the molecule is CC(CCCl)NC(=O)CC(C)(C)C. The van der Waals surface area contributed by atoms with Crippen molar-refractivity contribution < 1.29 is 4.79 Å². The van der Waals surface area contributed by atoms with Crippen molar-refractivity contribution in [3.63, 3.8) is 0 Å². The minimum Gasteiger partial charge on any atom is -0.354 e. The third-order valence-corrected chi connectivity index (χ3v) is 1.86. The largest absolute Gasteiger partial charge is 0.354 e. The highest BCUT2D eigenvalue weighted by Crippen LogP contribution is 2.17. The van der Waals surface area contributed by atoms with E-state index in [9.17, 15) is 4.79 Å². The van der Waals surface area contributed by atoms with Crippen LogP contribution >= 0.6 is 11.6 Å². The van der Waals surface area contributed by atoms with Gasteiger partial charge in [0.1, 0.15) is 0 Å². The van der Waals surface area contributed by atoms with Crippen LogP contribution in [0.25, 0.3) is 0 Å². The van der Waals surface area contributed by atoms with Crippen molar-refractivity contribution in [3.05, 3.63) is 0 Å². The van der Waals surface area contributed by atoms with E-state index in [0.717, 1.165) is 6.42 Å². The molecule has 0 spiro atoms. The van der Waals surface area contributed by atoms with Gasteiger partial charge in [0.05, 0.1) is 0 Å². The number of hydrogen-bond donors (Lipinski definition) is 1. The maximum absolute atomic E-state index is 11.4. The molecule has 78 valence electrons. The highest BCUT2D eigenvalue weighted by molar-refractivity contribution is 6.17. The van der Waals surface area contributed by atoms with Gasteiger partial charge in [0.25, 0.3) is 0 Å². The van der Waals surface area contributed by atoms with Gasteiger partial charge in [0.15, 0.2) is 0 Å². The minimum atomic E-state index is 0.0603. The summed E-state index contributed by atoms with van der Waals surface area (Å²) >= 11 is 5.56. The van der Waals surface area contributed by atoms with Crippen molar-refractivity contribution in [2.45, 2.75) is 46.6 Å². The third-order valence-electron chi connectivity index (χ3n) is 1.64. The van der Waals surface area contributed by atoms with E-state index >= 15 is 0 Å². The Morgan fingerprint density at radius 1 is 1.46 bits per heavy atom. The van der Waals surface area contributed by atoms with Crippen LogP contribution in [0.3, 0.4) is 0 Å². The van der Waals surface area contributed by atoms with Gasteiger partial charge in [-0.15, -0.1) is 11.6 Å². The fourth-order valence-corrected chi connectivity index (χ4v) is 1.37. The number of nitrogens with one attached hydrogen (secondary N) is 1. The lowest BCUT2D eigenvalue weighted by molar-refractivity contribution is -0.123. The summed E-state index contributed by atoms with van der Waals surface area (Å²) < 4.78 is 0. The number of hydrogen-bond acceptors (Lipinski definition) is 1. The van der Waals surface area contributed by atoms with Crippen LogP contribution in [-0.2, 0) is 4.79 Å². The van der Waals surface area contributed by atoms with E-state index in [1.54, 1.807) is 0 Å². The van der Waals surface area contributed by atoms with Crippen molar-refractivity contribution >= 4 is 17.5 Å². The third kappa shape index (κ3) is 8.10. The van der Waals surface area contributed by atoms with Crippen molar-refractivity contribution in [1.82, 2.24) is 5.32 Å². The van der Waals surface area contributed by atoms with Crippen LogP contribution in [0.1, 0.15) is 40.5 Å². The minimum absolute atomic E-state index is 0.0603. The molecule has 0 saturated heterocycles. The molecule has 0 aromatic rings. The summed E-state index contributed by atoms with van der Waals surface area (Å²) in [5.41, 5.74) is 0.0603. The standard InChI is InChI=1S/C10H20ClNO/c1-8(5-6-11)12-9(13)7-10(2,3)4/h8H,5-7H2,1-4H3,(H,12,13). The summed E-state index contributed by atoms with van der Waals surface area (Å²) in [5.74, 6) is 0.710. The number of amides is 1. The predicted molar refractivity (Wildman–Crippen MR) is 57.0 cm³/mol. The van der Waals surface area contributed by atoms with E-state index in [4.69, 9.17) is 11.6 Å². The zero-order valence-electron chi connectivity index (χ0n) is 8.98. The molecule has 0 fully saturated rings. The van der Waals surface area contributed by atoms with E-state index in [1.807, 2.05) is 6.92 Å². The van der Waals surface area contributed by atoms with Gasteiger partial charge < -0.3 is 5.32 Å². The van der Waals surface area contributed by atoms with E-state index in [1.165, 1.54) is 0 Å². The first-order valence-electron chi connectivity index (χ1n) is 4.70. The highest BCUT2D eigenvalue weighted by Gasteiger charge is 2.16. The second-order valence-electron chi connectivity index (χ2n) is 4.68. The smallest absolute Gasteiger partial charge is 0.220 e. The maximum Gasteiger partial charge on any atom is 0.220 e. The molecule has 3 heteroatoms. The molecule has 0 aromatic carbocycles. The summed E-state index contributed by atoms with van der Waals surface area (Å²) in [6.45, 7) is 8.14. The zero-order chi connectivity index (χ0) is 10.5. The van der Waals surface area contributed by atoms with Crippen LogP contribution in [0.2, 0.25) is 0 Å². The van der Waals surface area contributed by atoms with Crippen molar-refractivity contribution in [2.75, 3.05) is 5.88 Å². The quantitative estimate of drug-likeness (QED) is 0.703. The fourth-order valence-electron chi connectivity index (χ4n) is 1.04. The molecule has 1 unspecified atom stereocenters. The number of carbonyl (C=O) groups is 1. The van der Waals surface area contributed by atoms with Crippen LogP contribution in [0.5, 0.6) is 0 Å². The first-order chi connectivity index (χ1) is 5.85. The maximum atomic E-state index is 11.4. The average Bonchev–Trinajstić information content (AvgIpc) is 1.81. The molecule has 0 aliphatic carbocycles. The second kappa shape index (κ2) is 5.48. The number of halogens is 1. The zero-order valence-corrected chi connectivity index (χ0v) is 9.74. The van der Waals surface area contributed by atoms with Gasteiger partial charge in [-0.3, -0.25) is 4.79 Å². The van der Waals surface area contributed by atoms with Gasteiger partial charge >= 0.3 is 0 Å². The van der Waals surface area contributed by atoms with Crippen molar-refractivity contribution in [2.24, 2.45) is 5.41 Å². The Labute approximate surface area is 86.0 Å². The highest BCUT2D eigenvalue weighted by atomic mass is 35.5. The second-order valence-corrected chi connectivity index (χ2v) is 5.06. The summed E-state index contributed by atoms with van der Waals surface area (Å²) in [5, 5.41) is 2.91. The Bertz CT molecular complexity index is 163. The van der Waals surface area contributed by atoms with E-state index in [0.29, 0.717) is 12.3 Å². The number of rotatable bonds is 4. The predicted octanol–water partition coefficient (Wildman–Crippen LogP) is 2.56. The Morgan fingerprint density at radius 2 is 2.00 bits per heavy atom. The van der Waals surface area contributed by atoms with Crippen LogP contribution in [0, 0.1) is 5.41 Å². The fraction of sp³-hybridized carbons (Fsp3) is 0.900. The molecule has 0 aliphatic rings. The molecule has 1 N–H and O–H groups in total. The van der Waals surface area contributed by atoms with Crippen LogP contribution in [-0.4, -0.2) is 17.8 Å². The molecule has 2 nitrogen and oxygen atoms in total. The van der Waals surface area contributed by atoms with Gasteiger partial charge in [0.2, 0.25) is 5.91 Å². The Morgan fingerprint density at radius 3 is 2.38 bits per heavy atom. The van der Waals surface area contributed by atoms with E-state index in [-0.39, 0.29) is 17.4 Å². The summed E-state index contributed by atoms with van der Waals surface area (Å²) in [6.07, 6.45) is 1.40. The van der Waals surface area contributed by atoms with Gasteiger partial charge in [-0.2, -0.15) is 0 Å². The van der Waals surface area contributed by atoms with Gasteiger partial charge in [-0.25, -0.2) is 0 Å². The van der Waals surface area contributed by atoms with E-state index in [2.05, 4.69) is 26.1 Å². The molecule has 0 heterocycles. The molecule has 0 aromatic heterocycles. The Hall–Kier alpha value is -0.240. The first kappa shape index (κ1) is 12.8. The van der Waals surface area contributed by atoms with Crippen LogP contribution < -0.4 is 5.32 Å². The molecular formula is C10H20ClNO. The van der Waals surface area contributed by atoms with Crippen molar-refractivity contribution in [3.8, 4) is 0 Å². The summed E-state index contributed by atoms with van der Waals surface area (Å²) in [6, 6.07) is 0.187. The molecule has 1 atom stereocenters. The van der Waals surface area contributed by atoms with Crippen LogP contribution in [0.15, 0.2) is 0 Å². The van der Waals surface area contributed by atoms with Gasteiger partial charge in [-0.05, 0) is 18.8 Å². The lowest BCUT2D eigenvalue weighted by atomic mass is 9.92. The Balaban J connectivity index is 3.74. The average molecular weight is 206 g/mol. The summed E-state index contributed by atoms with van der Waals surface area (Å²) in [4.78, 5) is 11.4. The molecule has 1 amide bonds. The molecule has 0 radical (unpaired) electrons. The molecule has 0 aliphatic heterocycles. The lowest BCUT2D eigenvalue weighted by Crippen LogP contribution is -2.34. The molecule has 0 bridgehead atoms. The molecule has 0 rings (SSSR count). The van der Waals surface area contributed by atoms with Gasteiger partial charge in [0, 0.05) is 18.3 Å². The normalized spacial score (nSPS) is 13.9. The monoisotopic (exact) mass is 205 g/mol. The van der Waals surface area contributed by atoms with E-state index < -0.39 is 0 Å².